The third kappa shape index (κ3) is 4.68. The molecule has 1 N–H and O–H groups in total. The van der Waals surface area contributed by atoms with E-state index in [0.29, 0.717) is 16.7 Å². The van der Waals surface area contributed by atoms with Crippen LogP contribution in [0, 0.1) is 5.41 Å². The Balaban J connectivity index is 1.93. The molecule has 152 valence electrons. The van der Waals surface area contributed by atoms with Gasteiger partial charge in [0.1, 0.15) is 5.60 Å². The van der Waals surface area contributed by atoms with Gasteiger partial charge in [0.2, 0.25) is 0 Å². The van der Waals surface area contributed by atoms with Crippen molar-refractivity contribution in [3.05, 3.63) is 84.2 Å². The smallest absolute Gasteiger partial charge is 0.295 e. The highest BCUT2D eigenvalue weighted by Crippen LogP contribution is 2.44. The summed E-state index contributed by atoms with van der Waals surface area (Å²) >= 11 is 0.538. The molecule has 2 aromatic carbocycles. The van der Waals surface area contributed by atoms with Crippen LogP contribution in [0.3, 0.4) is 0 Å². The first-order chi connectivity index (χ1) is 13.5. The molecule has 0 aliphatic rings. The van der Waals surface area contributed by atoms with Crippen LogP contribution in [0.5, 0.6) is 0 Å². The lowest BCUT2D eigenvalue weighted by molar-refractivity contribution is -0.0261. The average molecular weight is 414 g/mol. The molecule has 1 heterocycles. The van der Waals surface area contributed by atoms with Gasteiger partial charge in [-0.05, 0) is 40.3 Å². The first kappa shape index (κ1) is 21.5. The van der Waals surface area contributed by atoms with Crippen LogP contribution in [-0.2, 0) is 5.60 Å². The Kier molecular flexibility index (Phi) is 5.84. The van der Waals surface area contributed by atoms with E-state index >= 15 is 0 Å². The molecule has 0 saturated heterocycles. The normalized spacial score (nSPS) is 14.4. The summed E-state index contributed by atoms with van der Waals surface area (Å²) in [4.78, 5) is 4.70. The highest BCUT2D eigenvalue weighted by atomic mass is 32.2. The first-order valence-electron chi connectivity index (χ1n) is 9.41. The van der Waals surface area contributed by atoms with Crippen molar-refractivity contribution in [2.45, 2.75) is 43.4 Å². The second-order valence-electron chi connectivity index (χ2n) is 8.21. The Morgan fingerprint density at radius 2 is 1.34 bits per heavy atom. The third-order valence-electron chi connectivity index (χ3n) is 4.95. The summed E-state index contributed by atoms with van der Waals surface area (Å²) in [7, 11) is 0. The largest absolute Gasteiger partial charge is 0.380 e. The van der Waals surface area contributed by atoms with Crippen molar-refractivity contribution < 1.29 is 13.9 Å². The molecular weight excluding hydrogens is 388 g/mol. The molecule has 1 unspecified atom stereocenters. The summed E-state index contributed by atoms with van der Waals surface area (Å²) in [6.07, 6.45) is 3.38. The van der Waals surface area contributed by atoms with E-state index in [1.54, 1.807) is 24.5 Å². The Morgan fingerprint density at radius 1 is 0.793 bits per heavy atom. The number of alkyl halides is 2. The number of aromatic nitrogens is 1. The van der Waals surface area contributed by atoms with Crippen molar-refractivity contribution >= 4 is 11.8 Å². The molecule has 1 atom stereocenters. The zero-order chi connectivity index (χ0) is 21.3. The van der Waals surface area contributed by atoms with Crippen LogP contribution >= 0.6 is 11.8 Å². The molecule has 0 saturated carbocycles. The van der Waals surface area contributed by atoms with Crippen LogP contribution in [0.2, 0.25) is 0 Å². The molecule has 3 aromatic rings. The molecule has 0 radical (unpaired) electrons. The topological polar surface area (TPSA) is 33.1 Å². The average Bonchev–Trinajstić information content (AvgIpc) is 2.67. The molecule has 0 bridgehead atoms. The Labute approximate surface area is 175 Å². The van der Waals surface area contributed by atoms with Gasteiger partial charge in [-0.2, -0.15) is 8.78 Å². The summed E-state index contributed by atoms with van der Waals surface area (Å²) in [5, 5.41) is 8.88. The minimum atomic E-state index is -2.80. The third-order valence-corrected chi connectivity index (χ3v) is 5.82. The Morgan fingerprint density at radius 3 is 1.79 bits per heavy atom. The predicted octanol–water partition coefficient (Wildman–Crippen LogP) is 6.74. The van der Waals surface area contributed by atoms with Crippen LogP contribution in [0.15, 0.2) is 78.0 Å². The minimum absolute atomic E-state index is 0.457. The van der Waals surface area contributed by atoms with Crippen molar-refractivity contribution in [1.29, 1.82) is 0 Å². The van der Waals surface area contributed by atoms with Crippen molar-refractivity contribution in [3.8, 4) is 11.1 Å². The van der Waals surface area contributed by atoms with E-state index in [9.17, 15) is 13.9 Å². The van der Waals surface area contributed by atoms with Gasteiger partial charge in [0, 0.05) is 29.8 Å². The summed E-state index contributed by atoms with van der Waals surface area (Å²) in [6, 6.07) is 18.5. The SMILES string of the molecule is CC(F)(F)Sc1ccc(-c2ccc(C(O)(c3cccnc3)C(C)(C)C)cc2)cc1. The highest BCUT2D eigenvalue weighted by Gasteiger charge is 2.43. The quantitative estimate of drug-likeness (QED) is 0.471. The second-order valence-corrected chi connectivity index (χ2v) is 9.61. The lowest BCUT2D eigenvalue weighted by Gasteiger charge is -2.41. The van der Waals surface area contributed by atoms with E-state index in [0.717, 1.165) is 29.2 Å². The van der Waals surface area contributed by atoms with Gasteiger partial charge < -0.3 is 5.11 Å². The van der Waals surface area contributed by atoms with Crippen LogP contribution < -0.4 is 0 Å². The number of aliphatic hydroxyl groups is 1. The number of nitrogens with zero attached hydrogens (tertiary/aromatic N) is 1. The fraction of sp³-hybridized carbons (Fsp3) is 0.292. The molecule has 0 fully saturated rings. The van der Waals surface area contributed by atoms with E-state index in [4.69, 9.17) is 0 Å². The van der Waals surface area contributed by atoms with Crippen molar-refractivity contribution in [3.63, 3.8) is 0 Å². The van der Waals surface area contributed by atoms with Crippen LogP contribution in [0.4, 0.5) is 8.78 Å². The van der Waals surface area contributed by atoms with E-state index in [1.807, 2.05) is 69.3 Å². The van der Waals surface area contributed by atoms with Gasteiger partial charge in [0.15, 0.2) is 0 Å². The molecule has 0 amide bonds. The van der Waals surface area contributed by atoms with Crippen molar-refractivity contribution in [1.82, 2.24) is 4.98 Å². The monoisotopic (exact) mass is 413 g/mol. The lowest BCUT2D eigenvalue weighted by atomic mass is 9.68. The molecule has 5 heteroatoms. The van der Waals surface area contributed by atoms with Gasteiger partial charge >= 0.3 is 0 Å². The van der Waals surface area contributed by atoms with Gasteiger partial charge in [-0.3, -0.25) is 4.98 Å². The molecular formula is C24H25F2NOS. The number of hydrogen-bond donors (Lipinski definition) is 1. The van der Waals surface area contributed by atoms with E-state index in [-0.39, 0.29) is 0 Å². The standard InChI is InChI=1S/C24H25F2NOS/c1-22(2,3)24(28,20-6-5-15-27-16-20)19-11-7-17(8-12-19)18-9-13-21(14-10-18)29-23(4,25)26/h5-16,28H,1-4H3. The summed E-state index contributed by atoms with van der Waals surface area (Å²) in [5.41, 5.74) is 1.74. The maximum atomic E-state index is 13.2. The molecule has 29 heavy (non-hydrogen) atoms. The first-order valence-corrected chi connectivity index (χ1v) is 10.2. The maximum Gasteiger partial charge on any atom is 0.295 e. The van der Waals surface area contributed by atoms with Crippen molar-refractivity contribution in [2.75, 3.05) is 0 Å². The molecule has 0 aliphatic heterocycles. The number of pyridine rings is 1. The van der Waals surface area contributed by atoms with E-state index in [1.165, 1.54) is 0 Å². The number of hydrogen-bond acceptors (Lipinski definition) is 3. The minimum Gasteiger partial charge on any atom is -0.380 e. The number of thioether (sulfide) groups is 1. The van der Waals surface area contributed by atoms with Crippen LogP contribution in [-0.4, -0.2) is 15.3 Å². The summed E-state index contributed by atoms with van der Waals surface area (Å²) < 4.78 is 26.3. The fourth-order valence-electron chi connectivity index (χ4n) is 3.44. The predicted molar refractivity (Wildman–Crippen MR) is 115 cm³/mol. The van der Waals surface area contributed by atoms with Gasteiger partial charge in [-0.15, -0.1) is 0 Å². The number of benzene rings is 2. The van der Waals surface area contributed by atoms with Crippen LogP contribution in [0.25, 0.3) is 11.1 Å². The highest BCUT2D eigenvalue weighted by molar-refractivity contribution is 8.00. The molecule has 1 aromatic heterocycles. The summed E-state index contributed by atoms with van der Waals surface area (Å²) in [6.45, 7) is 6.87. The zero-order valence-electron chi connectivity index (χ0n) is 17.0. The van der Waals surface area contributed by atoms with Crippen molar-refractivity contribution in [2.24, 2.45) is 5.41 Å². The summed E-state index contributed by atoms with van der Waals surface area (Å²) in [5.74, 6) is 0. The molecule has 0 spiro atoms. The lowest BCUT2D eigenvalue weighted by Crippen LogP contribution is -2.41. The Hall–Kier alpha value is -2.24. The number of halogens is 2. The molecule has 0 aliphatic carbocycles. The van der Waals surface area contributed by atoms with Gasteiger partial charge in [0.25, 0.3) is 5.25 Å². The fourth-order valence-corrected chi connectivity index (χ4v) is 4.12. The van der Waals surface area contributed by atoms with E-state index < -0.39 is 16.3 Å². The van der Waals surface area contributed by atoms with Gasteiger partial charge in [-0.1, -0.05) is 75.0 Å². The van der Waals surface area contributed by atoms with E-state index in [2.05, 4.69) is 4.98 Å². The molecule has 3 rings (SSSR count). The zero-order valence-corrected chi connectivity index (χ0v) is 17.8. The van der Waals surface area contributed by atoms with Gasteiger partial charge in [0.05, 0.1) is 0 Å². The van der Waals surface area contributed by atoms with Gasteiger partial charge in [-0.25, -0.2) is 0 Å². The number of rotatable bonds is 5. The van der Waals surface area contributed by atoms with Crippen LogP contribution in [0.1, 0.15) is 38.8 Å². The second kappa shape index (κ2) is 7.88. The molecule has 2 nitrogen and oxygen atoms in total. The Bertz CT molecular complexity index is 945. The maximum absolute atomic E-state index is 13.2.